The summed E-state index contributed by atoms with van der Waals surface area (Å²) in [5.41, 5.74) is 3.87. The van der Waals surface area contributed by atoms with Gasteiger partial charge < -0.3 is 9.47 Å². The summed E-state index contributed by atoms with van der Waals surface area (Å²) >= 11 is 1.64. The number of hydrogen-bond acceptors (Lipinski definition) is 5. The largest absolute Gasteiger partial charge is 0.454 e. The van der Waals surface area contributed by atoms with Crippen LogP contribution in [-0.2, 0) is 0 Å². The highest BCUT2D eigenvalue weighted by Crippen LogP contribution is 2.39. The first-order valence-corrected chi connectivity index (χ1v) is 7.75. The van der Waals surface area contributed by atoms with Gasteiger partial charge in [0.1, 0.15) is 10.3 Å². The number of aromatic nitrogens is 2. The number of fused-ring (bicyclic) bond motifs is 3. The van der Waals surface area contributed by atoms with Crippen molar-refractivity contribution in [3.8, 4) is 21.9 Å². The fourth-order valence-corrected chi connectivity index (χ4v) is 3.59. The molecule has 0 bridgehead atoms. The zero-order chi connectivity index (χ0) is 14.5. The molecular weight excluding hydrogens is 296 g/mol. The summed E-state index contributed by atoms with van der Waals surface area (Å²) in [4.78, 5) is 11.5. The minimum absolute atomic E-state index is 0.291. The van der Waals surface area contributed by atoms with Crippen LogP contribution in [0.2, 0.25) is 0 Å². The van der Waals surface area contributed by atoms with Gasteiger partial charge in [-0.25, -0.2) is 9.97 Å². The Kier molecular flexibility index (Phi) is 2.40. The van der Waals surface area contributed by atoms with Crippen molar-refractivity contribution in [1.29, 1.82) is 0 Å². The van der Waals surface area contributed by atoms with Crippen molar-refractivity contribution in [2.45, 2.75) is 0 Å². The minimum atomic E-state index is 0.291. The van der Waals surface area contributed by atoms with E-state index < -0.39 is 0 Å². The lowest BCUT2D eigenvalue weighted by atomic mass is 10.1. The topological polar surface area (TPSA) is 44.2 Å². The molecule has 3 heterocycles. The summed E-state index contributed by atoms with van der Waals surface area (Å²) in [5, 5.41) is 0. The predicted molar refractivity (Wildman–Crippen MR) is 86.5 cm³/mol. The molecule has 5 rings (SSSR count). The van der Waals surface area contributed by atoms with Crippen molar-refractivity contribution >= 4 is 32.7 Å². The molecule has 0 amide bonds. The van der Waals surface area contributed by atoms with E-state index >= 15 is 0 Å². The van der Waals surface area contributed by atoms with Crippen molar-refractivity contribution in [1.82, 2.24) is 9.97 Å². The maximum Gasteiger partial charge on any atom is 0.231 e. The van der Waals surface area contributed by atoms with Gasteiger partial charge >= 0.3 is 0 Å². The second-order valence-electron chi connectivity index (χ2n) is 5.08. The average Bonchev–Trinajstić information content (AvgIpc) is 3.17. The summed E-state index contributed by atoms with van der Waals surface area (Å²) in [7, 11) is 0. The van der Waals surface area contributed by atoms with E-state index in [4.69, 9.17) is 14.5 Å². The summed E-state index contributed by atoms with van der Waals surface area (Å²) in [6.07, 6.45) is 0. The van der Waals surface area contributed by atoms with Crippen LogP contribution in [-0.4, -0.2) is 16.8 Å². The van der Waals surface area contributed by atoms with E-state index in [1.807, 2.05) is 42.5 Å². The van der Waals surface area contributed by atoms with Crippen LogP contribution in [0.3, 0.4) is 0 Å². The Morgan fingerprint density at radius 2 is 1.64 bits per heavy atom. The van der Waals surface area contributed by atoms with E-state index in [1.54, 1.807) is 11.3 Å². The molecule has 4 nitrogen and oxygen atoms in total. The molecule has 2 aromatic carbocycles. The van der Waals surface area contributed by atoms with Gasteiger partial charge in [0.05, 0.1) is 11.0 Å². The Balaban J connectivity index is 1.69. The molecule has 22 heavy (non-hydrogen) atoms. The number of rotatable bonds is 1. The van der Waals surface area contributed by atoms with Crippen LogP contribution >= 0.6 is 11.3 Å². The van der Waals surface area contributed by atoms with Crippen molar-refractivity contribution < 1.29 is 9.47 Å². The van der Waals surface area contributed by atoms with Crippen LogP contribution < -0.4 is 9.47 Å². The number of thiophene rings is 1. The van der Waals surface area contributed by atoms with Gasteiger partial charge in [-0.15, -0.1) is 11.3 Å². The average molecular weight is 306 g/mol. The lowest BCUT2D eigenvalue weighted by Crippen LogP contribution is -1.92. The van der Waals surface area contributed by atoms with Gasteiger partial charge in [0.2, 0.25) is 6.79 Å². The zero-order valence-electron chi connectivity index (χ0n) is 11.4. The van der Waals surface area contributed by atoms with E-state index in [-0.39, 0.29) is 0 Å². The molecule has 0 saturated carbocycles. The minimum Gasteiger partial charge on any atom is -0.454 e. The Hall–Kier alpha value is -2.66. The number of hydrogen-bond donors (Lipinski definition) is 0. The Bertz CT molecular complexity index is 973. The number of para-hydroxylation sites is 2. The Labute approximate surface area is 130 Å². The van der Waals surface area contributed by atoms with Crippen molar-refractivity contribution in [2.24, 2.45) is 0 Å². The fraction of sp³-hybridized carbons (Fsp3) is 0.0588. The first kappa shape index (κ1) is 11.9. The molecule has 0 aliphatic carbocycles. The highest BCUT2D eigenvalue weighted by atomic mass is 32.1. The van der Waals surface area contributed by atoms with E-state index in [0.29, 0.717) is 6.79 Å². The molecule has 0 unspecified atom stereocenters. The van der Waals surface area contributed by atoms with Crippen LogP contribution in [0.25, 0.3) is 31.8 Å². The highest BCUT2D eigenvalue weighted by Gasteiger charge is 2.15. The molecule has 0 N–H and O–H groups in total. The molecule has 4 aromatic rings. The number of ether oxygens (including phenoxy) is 2. The summed E-state index contributed by atoms with van der Waals surface area (Å²) in [5.74, 6) is 1.59. The Morgan fingerprint density at radius 3 is 2.55 bits per heavy atom. The van der Waals surface area contributed by atoms with Gasteiger partial charge in [-0.1, -0.05) is 12.1 Å². The standard InChI is InChI=1S/C17H10N2O2S/c1-2-4-12-11(3-1)18-13-8-16(22-17(13)19-12)10-5-6-14-15(7-10)21-9-20-14/h1-8H,9H2. The third kappa shape index (κ3) is 1.76. The fourth-order valence-electron chi connectivity index (χ4n) is 2.62. The third-order valence-electron chi connectivity index (χ3n) is 3.70. The molecule has 5 heteroatoms. The first-order valence-electron chi connectivity index (χ1n) is 6.93. The zero-order valence-corrected chi connectivity index (χ0v) is 12.3. The van der Waals surface area contributed by atoms with Crippen molar-refractivity contribution in [3.05, 3.63) is 48.5 Å². The maximum atomic E-state index is 5.45. The van der Waals surface area contributed by atoms with E-state index in [1.165, 1.54) is 0 Å². The molecule has 1 aliphatic rings. The molecule has 0 spiro atoms. The van der Waals surface area contributed by atoms with Crippen molar-refractivity contribution in [3.63, 3.8) is 0 Å². The van der Waals surface area contributed by atoms with E-state index in [9.17, 15) is 0 Å². The second kappa shape index (κ2) is 4.42. The van der Waals surface area contributed by atoms with Gasteiger partial charge in [-0.3, -0.25) is 0 Å². The van der Waals surface area contributed by atoms with Gasteiger partial charge in [0.25, 0.3) is 0 Å². The van der Waals surface area contributed by atoms with Crippen LogP contribution in [0.15, 0.2) is 48.5 Å². The molecular formula is C17H10N2O2S. The van der Waals surface area contributed by atoms with Crippen LogP contribution in [0.5, 0.6) is 11.5 Å². The molecule has 0 fully saturated rings. The third-order valence-corrected chi connectivity index (χ3v) is 4.76. The van der Waals surface area contributed by atoms with E-state index in [2.05, 4.69) is 11.1 Å². The Morgan fingerprint density at radius 1 is 0.818 bits per heavy atom. The molecule has 1 aliphatic heterocycles. The lowest BCUT2D eigenvalue weighted by molar-refractivity contribution is 0.174. The van der Waals surface area contributed by atoms with Crippen LogP contribution in [0.4, 0.5) is 0 Å². The van der Waals surface area contributed by atoms with Gasteiger partial charge in [-0.05, 0) is 42.0 Å². The van der Waals surface area contributed by atoms with Crippen LogP contribution in [0, 0.1) is 0 Å². The summed E-state index contributed by atoms with van der Waals surface area (Å²) < 4.78 is 10.8. The second-order valence-corrected chi connectivity index (χ2v) is 6.11. The molecule has 0 saturated heterocycles. The lowest BCUT2D eigenvalue weighted by Gasteiger charge is -1.99. The molecule has 0 atom stereocenters. The van der Waals surface area contributed by atoms with Gasteiger partial charge in [0, 0.05) is 4.88 Å². The smallest absolute Gasteiger partial charge is 0.231 e. The molecule has 106 valence electrons. The summed E-state index contributed by atoms with van der Waals surface area (Å²) in [6.45, 7) is 0.291. The highest BCUT2D eigenvalue weighted by molar-refractivity contribution is 7.21. The molecule has 0 radical (unpaired) electrons. The SMILES string of the molecule is c1ccc2nc3sc(-c4ccc5c(c4)OCO5)cc3nc2c1. The van der Waals surface area contributed by atoms with Gasteiger partial charge in [0.15, 0.2) is 11.5 Å². The van der Waals surface area contributed by atoms with Crippen molar-refractivity contribution in [2.75, 3.05) is 6.79 Å². The monoisotopic (exact) mass is 306 g/mol. The van der Waals surface area contributed by atoms with Gasteiger partial charge in [-0.2, -0.15) is 0 Å². The normalized spacial score (nSPS) is 13.1. The maximum absolute atomic E-state index is 5.45. The summed E-state index contributed by atoms with van der Waals surface area (Å²) in [6, 6.07) is 16.0. The first-order chi connectivity index (χ1) is 10.9. The number of benzene rings is 2. The molecule has 2 aromatic heterocycles. The van der Waals surface area contributed by atoms with E-state index in [0.717, 1.165) is 43.3 Å². The number of nitrogens with zero attached hydrogens (tertiary/aromatic N) is 2. The quantitative estimate of drug-likeness (QED) is 0.527. The van der Waals surface area contributed by atoms with Crippen LogP contribution in [0.1, 0.15) is 0 Å². The predicted octanol–water partition coefficient (Wildman–Crippen LogP) is 4.24.